The van der Waals surface area contributed by atoms with E-state index in [0.29, 0.717) is 29.8 Å². The molecule has 2 aromatic rings. The molecule has 0 fully saturated rings. The highest BCUT2D eigenvalue weighted by Gasteiger charge is 2.24. The molecular weight excluding hydrogens is 294 g/mol. The fourth-order valence-corrected chi connectivity index (χ4v) is 2.52. The van der Waals surface area contributed by atoms with Gasteiger partial charge < -0.3 is 4.74 Å². The van der Waals surface area contributed by atoms with Gasteiger partial charge in [0.15, 0.2) is 12.4 Å². The zero-order valence-corrected chi connectivity index (χ0v) is 12.8. The number of aromatic nitrogens is 2. The van der Waals surface area contributed by atoms with Gasteiger partial charge in [-0.15, -0.1) is 0 Å². The average molecular weight is 311 g/mol. The Balaban J connectivity index is 1.63. The first-order chi connectivity index (χ1) is 11.1. The number of fused-ring (bicyclic) bond motifs is 1. The predicted molar refractivity (Wildman–Crippen MR) is 84.4 cm³/mol. The number of anilines is 1. The molecule has 1 aromatic heterocycles. The van der Waals surface area contributed by atoms with Crippen molar-refractivity contribution >= 4 is 17.6 Å². The van der Waals surface area contributed by atoms with Crippen molar-refractivity contribution in [1.29, 1.82) is 0 Å². The van der Waals surface area contributed by atoms with E-state index in [1.165, 1.54) is 6.20 Å². The van der Waals surface area contributed by atoms with Gasteiger partial charge in [0.1, 0.15) is 5.75 Å². The maximum Gasteiger partial charge on any atom is 0.264 e. The minimum absolute atomic E-state index is 0.0593. The predicted octanol–water partition coefficient (Wildman–Crippen LogP) is 2.26. The number of benzene rings is 1. The molecule has 1 aliphatic carbocycles. The number of Topliss-reactive ketones (excluding diaryl/α,β-unsaturated/α-hetero) is 1. The SMILES string of the molecule is C[C@H]1CC(=O)c2cnc(NC(=O)COc3ccccc3)nc2C1. The summed E-state index contributed by atoms with van der Waals surface area (Å²) in [5.41, 5.74) is 1.25. The first-order valence-corrected chi connectivity index (χ1v) is 7.48. The van der Waals surface area contributed by atoms with Crippen LogP contribution < -0.4 is 10.1 Å². The highest BCUT2D eigenvalue weighted by atomic mass is 16.5. The van der Waals surface area contributed by atoms with Gasteiger partial charge >= 0.3 is 0 Å². The summed E-state index contributed by atoms with van der Waals surface area (Å²) in [4.78, 5) is 32.1. The summed E-state index contributed by atoms with van der Waals surface area (Å²) in [7, 11) is 0. The number of carbonyl (C=O) groups is 2. The number of hydrogen-bond acceptors (Lipinski definition) is 5. The maximum absolute atomic E-state index is 11.9. The highest BCUT2D eigenvalue weighted by Crippen LogP contribution is 2.23. The van der Waals surface area contributed by atoms with Crippen LogP contribution in [-0.4, -0.2) is 28.3 Å². The van der Waals surface area contributed by atoms with Crippen molar-refractivity contribution in [3.05, 3.63) is 47.8 Å². The van der Waals surface area contributed by atoms with Crippen LogP contribution in [0.25, 0.3) is 0 Å². The van der Waals surface area contributed by atoms with E-state index in [1.807, 2.05) is 25.1 Å². The Morgan fingerprint density at radius 2 is 2.09 bits per heavy atom. The molecule has 6 nitrogen and oxygen atoms in total. The van der Waals surface area contributed by atoms with Crippen molar-refractivity contribution in [3.63, 3.8) is 0 Å². The van der Waals surface area contributed by atoms with E-state index in [9.17, 15) is 9.59 Å². The van der Waals surface area contributed by atoms with Gasteiger partial charge in [0.05, 0.1) is 11.3 Å². The van der Waals surface area contributed by atoms with E-state index in [1.54, 1.807) is 12.1 Å². The lowest BCUT2D eigenvalue weighted by atomic mass is 9.88. The lowest BCUT2D eigenvalue weighted by molar-refractivity contribution is -0.118. The molecule has 1 aliphatic rings. The van der Waals surface area contributed by atoms with Crippen molar-refractivity contribution in [2.75, 3.05) is 11.9 Å². The van der Waals surface area contributed by atoms with Crippen LogP contribution in [-0.2, 0) is 11.2 Å². The quantitative estimate of drug-likeness (QED) is 0.936. The second kappa shape index (κ2) is 6.56. The third kappa shape index (κ3) is 3.71. The van der Waals surface area contributed by atoms with Gasteiger partial charge in [0.2, 0.25) is 5.95 Å². The topological polar surface area (TPSA) is 81.2 Å². The normalized spacial score (nSPS) is 16.6. The van der Waals surface area contributed by atoms with E-state index >= 15 is 0 Å². The van der Waals surface area contributed by atoms with Gasteiger partial charge in [0.25, 0.3) is 5.91 Å². The number of amides is 1. The Morgan fingerprint density at radius 1 is 1.30 bits per heavy atom. The zero-order valence-electron chi connectivity index (χ0n) is 12.8. The fraction of sp³-hybridized carbons (Fsp3) is 0.294. The zero-order chi connectivity index (χ0) is 16.2. The van der Waals surface area contributed by atoms with Crippen LogP contribution in [0.1, 0.15) is 29.4 Å². The van der Waals surface area contributed by atoms with E-state index < -0.39 is 0 Å². The van der Waals surface area contributed by atoms with E-state index in [4.69, 9.17) is 4.74 Å². The van der Waals surface area contributed by atoms with Gasteiger partial charge in [-0.05, 0) is 24.5 Å². The molecule has 6 heteroatoms. The number of nitrogens with zero attached hydrogens (tertiary/aromatic N) is 2. The molecule has 3 rings (SSSR count). The van der Waals surface area contributed by atoms with E-state index in [2.05, 4.69) is 15.3 Å². The van der Waals surface area contributed by atoms with Crippen LogP contribution in [0.5, 0.6) is 5.75 Å². The van der Waals surface area contributed by atoms with Crippen molar-refractivity contribution in [2.24, 2.45) is 5.92 Å². The summed E-state index contributed by atoms with van der Waals surface area (Å²) in [5, 5.41) is 2.59. The smallest absolute Gasteiger partial charge is 0.264 e. The Labute approximate surface area is 133 Å². The molecule has 23 heavy (non-hydrogen) atoms. The third-order valence-corrected chi connectivity index (χ3v) is 3.61. The highest BCUT2D eigenvalue weighted by molar-refractivity contribution is 5.98. The van der Waals surface area contributed by atoms with Gasteiger partial charge in [-0.25, -0.2) is 9.97 Å². The van der Waals surface area contributed by atoms with Crippen LogP contribution in [0.4, 0.5) is 5.95 Å². The monoisotopic (exact) mass is 311 g/mol. The molecule has 1 atom stereocenters. The van der Waals surface area contributed by atoms with Gasteiger partial charge in [-0.3, -0.25) is 14.9 Å². The summed E-state index contributed by atoms with van der Waals surface area (Å²) >= 11 is 0. The molecule has 1 amide bonds. The standard InChI is InChI=1S/C17H17N3O3/c1-11-7-14-13(15(21)8-11)9-18-17(19-14)20-16(22)10-23-12-5-3-2-4-6-12/h2-6,9,11H,7-8,10H2,1H3,(H,18,19,20,22)/t11-/m1/s1. The number of ether oxygens (including phenoxy) is 1. The van der Waals surface area contributed by atoms with Crippen LogP contribution in [0.3, 0.4) is 0 Å². The molecule has 1 N–H and O–H groups in total. The molecule has 0 spiro atoms. The molecule has 1 aromatic carbocycles. The number of hydrogen-bond donors (Lipinski definition) is 1. The third-order valence-electron chi connectivity index (χ3n) is 3.61. The van der Waals surface area contributed by atoms with Crippen molar-refractivity contribution in [2.45, 2.75) is 19.8 Å². The summed E-state index contributed by atoms with van der Waals surface area (Å²) in [5.74, 6) is 0.795. The lowest BCUT2D eigenvalue weighted by Gasteiger charge is -2.19. The first-order valence-electron chi connectivity index (χ1n) is 7.48. The second-order valence-corrected chi connectivity index (χ2v) is 5.64. The van der Waals surface area contributed by atoms with Crippen molar-refractivity contribution < 1.29 is 14.3 Å². The van der Waals surface area contributed by atoms with Crippen LogP contribution in [0.2, 0.25) is 0 Å². The van der Waals surface area contributed by atoms with Crippen molar-refractivity contribution in [3.8, 4) is 5.75 Å². The van der Waals surface area contributed by atoms with Gasteiger partial charge in [0, 0.05) is 12.6 Å². The molecule has 0 saturated heterocycles. The number of rotatable bonds is 4. The van der Waals surface area contributed by atoms with E-state index in [0.717, 1.165) is 0 Å². The van der Waals surface area contributed by atoms with Crippen molar-refractivity contribution in [1.82, 2.24) is 9.97 Å². The molecular formula is C17H17N3O3. The molecule has 0 saturated carbocycles. The second-order valence-electron chi connectivity index (χ2n) is 5.64. The molecule has 0 radical (unpaired) electrons. The number of carbonyl (C=O) groups excluding carboxylic acids is 2. The van der Waals surface area contributed by atoms with Gasteiger partial charge in [-0.1, -0.05) is 25.1 Å². The Bertz CT molecular complexity index is 731. The van der Waals surface area contributed by atoms with Crippen LogP contribution in [0, 0.1) is 5.92 Å². The Kier molecular flexibility index (Phi) is 4.32. The summed E-state index contributed by atoms with van der Waals surface area (Å²) < 4.78 is 5.37. The number of para-hydroxylation sites is 1. The molecule has 0 bridgehead atoms. The van der Waals surface area contributed by atoms with E-state index in [-0.39, 0.29) is 30.2 Å². The summed E-state index contributed by atoms with van der Waals surface area (Å²) in [6.07, 6.45) is 2.73. The lowest BCUT2D eigenvalue weighted by Crippen LogP contribution is -2.24. The minimum Gasteiger partial charge on any atom is -0.484 e. The molecule has 0 aliphatic heterocycles. The minimum atomic E-state index is -0.344. The number of ketones is 1. The average Bonchev–Trinajstić information content (AvgIpc) is 2.53. The van der Waals surface area contributed by atoms with Crippen LogP contribution in [0.15, 0.2) is 36.5 Å². The largest absolute Gasteiger partial charge is 0.484 e. The molecule has 1 heterocycles. The van der Waals surface area contributed by atoms with Gasteiger partial charge in [-0.2, -0.15) is 0 Å². The summed E-state index contributed by atoms with van der Waals surface area (Å²) in [6.45, 7) is 1.88. The van der Waals surface area contributed by atoms with Crippen LogP contribution >= 0.6 is 0 Å². The number of nitrogens with one attached hydrogen (secondary N) is 1. The summed E-state index contributed by atoms with van der Waals surface area (Å²) in [6, 6.07) is 9.08. The first kappa shape index (κ1) is 15.1. The molecule has 118 valence electrons. The molecule has 0 unspecified atom stereocenters. The Hall–Kier alpha value is -2.76. The Morgan fingerprint density at radius 3 is 2.87 bits per heavy atom. The maximum atomic E-state index is 11.9. The fourth-order valence-electron chi connectivity index (χ4n) is 2.52.